The van der Waals surface area contributed by atoms with Gasteiger partial charge in [-0.15, -0.1) is 0 Å². The van der Waals surface area contributed by atoms with E-state index in [1.54, 1.807) is 33.3 Å². The number of aliphatic hydroxyl groups is 1. The van der Waals surface area contributed by atoms with Gasteiger partial charge in [-0.3, -0.25) is 4.79 Å². The van der Waals surface area contributed by atoms with Crippen LogP contribution < -0.4 is 19.6 Å². The van der Waals surface area contributed by atoms with Gasteiger partial charge < -0.3 is 48.6 Å². The lowest BCUT2D eigenvalue weighted by molar-refractivity contribution is -0.129. The molecule has 0 unspecified atom stereocenters. The second-order valence-corrected chi connectivity index (χ2v) is 10.7. The number of hydrogen-bond donors (Lipinski definition) is 1. The Morgan fingerprint density at radius 1 is 0.744 bits per heavy atom. The first kappa shape index (κ1) is 32.8. The second-order valence-electron chi connectivity index (χ2n) is 10.7. The molecule has 0 atom stereocenters. The maximum absolute atomic E-state index is 12.9. The molecule has 2 aromatic heterocycles. The van der Waals surface area contributed by atoms with Crippen LogP contribution in [0.2, 0.25) is 0 Å². The molecule has 0 saturated carbocycles. The number of piperazine rings is 1. The summed E-state index contributed by atoms with van der Waals surface area (Å²) in [6.07, 6.45) is 1.90. The molecule has 2 saturated heterocycles. The lowest BCUT2D eigenvalue weighted by Gasteiger charge is -2.35. The van der Waals surface area contributed by atoms with Gasteiger partial charge in [0.2, 0.25) is 17.8 Å². The van der Waals surface area contributed by atoms with E-state index >= 15 is 0 Å². The Hall–Kier alpha value is -3.11. The fourth-order valence-corrected chi connectivity index (χ4v) is 5.28. The number of anilines is 4. The molecule has 43 heavy (non-hydrogen) atoms. The standard InChI is InChI=1S/C28H47N9O6/c1-33-10-11-37(20-22(33)39)26-24-23(29-28(32-26)36(14-18-41-3)15-19-42-4)25(34-8-6-21(43-5)7-9-34)31-27(30-24)35(12-16-38)13-17-40-2/h21,38H,6-20H2,1-5H3. The minimum absolute atomic E-state index is 0.00771. The van der Waals surface area contributed by atoms with E-state index in [9.17, 15) is 9.90 Å². The Kier molecular flexibility index (Phi) is 12.3. The van der Waals surface area contributed by atoms with Crippen LogP contribution in [0.5, 0.6) is 0 Å². The number of ether oxygens (including phenoxy) is 4. The molecule has 4 heterocycles. The minimum atomic E-state index is -0.0666. The number of likely N-dealkylation sites (N-methyl/N-ethyl adjacent to an activating group) is 1. The lowest BCUT2D eigenvalue weighted by Crippen LogP contribution is -2.49. The fourth-order valence-electron chi connectivity index (χ4n) is 5.28. The molecule has 2 aliphatic heterocycles. The first-order valence-electron chi connectivity index (χ1n) is 14.9. The van der Waals surface area contributed by atoms with Crippen molar-refractivity contribution >= 4 is 40.5 Å². The zero-order valence-electron chi connectivity index (χ0n) is 26.2. The highest BCUT2D eigenvalue weighted by Gasteiger charge is 2.30. The average Bonchev–Trinajstić information content (AvgIpc) is 3.03. The number of piperidine rings is 1. The number of carbonyl (C=O) groups excluding carboxylic acids is 1. The molecular weight excluding hydrogens is 558 g/mol. The summed E-state index contributed by atoms with van der Waals surface area (Å²) >= 11 is 0. The van der Waals surface area contributed by atoms with Crippen LogP contribution in [0.15, 0.2) is 0 Å². The van der Waals surface area contributed by atoms with Crippen molar-refractivity contribution in [3.05, 3.63) is 0 Å². The lowest BCUT2D eigenvalue weighted by atomic mass is 10.1. The first-order chi connectivity index (χ1) is 20.9. The maximum atomic E-state index is 12.9. The van der Waals surface area contributed by atoms with Gasteiger partial charge in [0.1, 0.15) is 11.0 Å². The topological polar surface area (TPSA) is 142 Å². The highest BCUT2D eigenvalue weighted by molar-refractivity contribution is 5.96. The predicted molar refractivity (Wildman–Crippen MR) is 164 cm³/mol. The van der Waals surface area contributed by atoms with Crippen LogP contribution in [-0.4, -0.2) is 163 Å². The van der Waals surface area contributed by atoms with Gasteiger partial charge >= 0.3 is 0 Å². The Labute approximate surface area is 253 Å². The van der Waals surface area contributed by atoms with E-state index in [-0.39, 0.29) is 25.2 Å². The van der Waals surface area contributed by atoms with E-state index in [2.05, 4.69) is 4.90 Å². The van der Waals surface area contributed by atoms with Crippen LogP contribution >= 0.6 is 0 Å². The number of carbonyl (C=O) groups is 1. The average molecular weight is 606 g/mol. The molecule has 0 aliphatic carbocycles. The number of amides is 1. The van der Waals surface area contributed by atoms with Crippen LogP contribution in [0.3, 0.4) is 0 Å². The number of hydrogen-bond acceptors (Lipinski definition) is 14. The van der Waals surface area contributed by atoms with Crippen molar-refractivity contribution in [2.75, 3.05) is 140 Å². The Morgan fingerprint density at radius 3 is 1.72 bits per heavy atom. The van der Waals surface area contributed by atoms with Gasteiger partial charge in [0.05, 0.1) is 39.1 Å². The number of nitrogens with zero attached hydrogens (tertiary/aromatic N) is 9. The van der Waals surface area contributed by atoms with E-state index in [0.29, 0.717) is 93.7 Å². The molecule has 15 nitrogen and oxygen atoms in total. The third-order valence-corrected chi connectivity index (χ3v) is 7.95. The van der Waals surface area contributed by atoms with E-state index in [4.69, 9.17) is 38.9 Å². The van der Waals surface area contributed by atoms with Gasteiger partial charge in [0, 0.05) is 87.8 Å². The van der Waals surface area contributed by atoms with Gasteiger partial charge in [-0.1, -0.05) is 0 Å². The highest BCUT2D eigenvalue weighted by Crippen LogP contribution is 2.34. The summed E-state index contributed by atoms with van der Waals surface area (Å²) in [4.78, 5) is 42.9. The Balaban J connectivity index is 1.93. The quantitative estimate of drug-likeness (QED) is 0.271. The Bertz CT molecular complexity index is 1180. The van der Waals surface area contributed by atoms with Crippen molar-refractivity contribution in [2.24, 2.45) is 0 Å². The van der Waals surface area contributed by atoms with Gasteiger partial charge in [-0.2, -0.15) is 9.97 Å². The van der Waals surface area contributed by atoms with Crippen molar-refractivity contribution in [3.8, 4) is 0 Å². The number of aromatic nitrogens is 4. The van der Waals surface area contributed by atoms with E-state index in [1.165, 1.54) is 0 Å². The molecule has 1 amide bonds. The van der Waals surface area contributed by atoms with Crippen molar-refractivity contribution in [3.63, 3.8) is 0 Å². The van der Waals surface area contributed by atoms with Crippen LogP contribution in [0, 0.1) is 0 Å². The fraction of sp³-hybridized carbons (Fsp3) is 0.750. The van der Waals surface area contributed by atoms with E-state index in [0.717, 1.165) is 25.9 Å². The van der Waals surface area contributed by atoms with Crippen molar-refractivity contribution in [2.45, 2.75) is 18.9 Å². The van der Waals surface area contributed by atoms with Gasteiger partial charge in [0.25, 0.3) is 0 Å². The van der Waals surface area contributed by atoms with Crippen molar-refractivity contribution in [1.29, 1.82) is 0 Å². The van der Waals surface area contributed by atoms with Gasteiger partial charge in [-0.05, 0) is 12.8 Å². The zero-order chi connectivity index (χ0) is 30.8. The molecule has 0 spiro atoms. The molecule has 2 aromatic rings. The molecule has 1 N–H and O–H groups in total. The monoisotopic (exact) mass is 605 g/mol. The largest absolute Gasteiger partial charge is 0.395 e. The van der Waals surface area contributed by atoms with Crippen molar-refractivity contribution < 1.29 is 28.8 Å². The minimum Gasteiger partial charge on any atom is -0.395 e. The molecular formula is C28H47N9O6. The molecule has 2 fully saturated rings. The summed E-state index contributed by atoms with van der Waals surface area (Å²) in [5.74, 6) is 2.23. The third-order valence-electron chi connectivity index (χ3n) is 7.95. The molecule has 240 valence electrons. The predicted octanol–water partition coefficient (Wildman–Crippen LogP) is -0.142. The molecule has 4 rings (SSSR count). The normalized spacial score (nSPS) is 16.4. The molecule has 2 aliphatic rings. The molecule has 0 radical (unpaired) electrons. The number of aliphatic hydroxyl groups excluding tert-OH is 1. The summed E-state index contributed by atoms with van der Waals surface area (Å²) < 4.78 is 21.8. The Morgan fingerprint density at radius 2 is 1.26 bits per heavy atom. The zero-order valence-corrected chi connectivity index (χ0v) is 26.2. The summed E-state index contributed by atoms with van der Waals surface area (Å²) in [5, 5.41) is 9.87. The maximum Gasteiger partial charge on any atom is 0.241 e. The molecule has 0 bridgehead atoms. The highest BCUT2D eigenvalue weighted by atomic mass is 16.5. The summed E-state index contributed by atoms with van der Waals surface area (Å²) in [5.41, 5.74) is 1.18. The second kappa shape index (κ2) is 16.1. The smallest absolute Gasteiger partial charge is 0.241 e. The number of fused-ring (bicyclic) bond motifs is 1. The van der Waals surface area contributed by atoms with Crippen LogP contribution in [0.4, 0.5) is 23.5 Å². The number of rotatable bonds is 16. The SMILES string of the molecule is COCCN(CCOC)c1nc(N2CCN(C)C(=O)C2)c2nc(N(CCO)CCOC)nc(N3CCC(OC)CC3)c2n1. The van der Waals surface area contributed by atoms with E-state index < -0.39 is 0 Å². The first-order valence-corrected chi connectivity index (χ1v) is 14.9. The number of methoxy groups -OCH3 is 4. The van der Waals surface area contributed by atoms with E-state index in [1.807, 2.05) is 21.7 Å². The van der Waals surface area contributed by atoms with Crippen LogP contribution in [0.1, 0.15) is 12.8 Å². The summed E-state index contributed by atoms with van der Waals surface area (Å²) in [7, 11) is 8.52. The molecule has 0 aromatic carbocycles. The summed E-state index contributed by atoms with van der Waals surface area (Å²) in [6.45, 7) is 6.10. The molecule has 15 heteroatoms. The third kappa shape index (κ3) is 8.09. The van der Waals surface area contributed by atoms with Crippen LogP contribution in [-0.2, 0) is 23.7 Å². The van der Waals surface area contributed by atoms with Gasteiger partial charge in [0.15, 0.2) is 11.6 Å². The van der Waals surface area contributed by atoms with Gasteiger partial charge in [-0.25, -0.2) is 9.97 Å². The van der Waals surface area contributed by atoms with Crippen molar-refractivity contribution in [1.82, 2.24) is 24.8 Å². The summed E-state index contributed by atoms with van der Waals surface area (Å²) in [6, 6.07) is 0. The van der Waals surface area contributed by atoms with Crippen LogP contribution in [0.25, 0.3) is 11.0 Å².